The number of hydrogen-bond donors (Lipinski definition) is 1. The highest BCUT2D eigenvalue weighted by molar-refractivity contribution is 6.31. The zero-order chi connectivity index (χ0) is 14.3. The number of halogens is 2. The molecule has 3 rings (SSSR count). The van der Waals surface area contributed by atoms with Crippen molar-refractivity contribution in [3.63, 3.8) is 0 Å². The summed E-state index contributed by atoms with van der Waals surface area (Å²) in [7, 11) is 0. The molecule has 1 aromatic heterocycles. The number of carbonyl (C=O) groups is 1. The van der Waals surface area contributed by atoms with Crippen LogP contribution in [-0.2, 0) is 0 Å². The number of nitrogens with one attached hydrogen (secondary N) is 1. The van der Waals surface area contributed by atoms with Crippen molar-refractivity contribution in [2.45, 2.75) is 6.92 Å². The summed E-state index contributed by atoms with van der Waals surface area (Å²) in [6.07, 6.45) is 1.60. The van der Waals surface area contributed by atoms with Crippen molar-refractivity contribution >= 4 is 28.3 Å². The minimum atomic E-state index is -0.336. The van der Waals surface area contributed by atoms with Gasteiger partial charge in [0.05, 0.1) is 0 Å². The summed E-state index contributed by atoms with van der Waals surface area (Å²) in [5, 5.41) is 1.23. The second-order valence-electron chi connectivity index (χ2n) is 4.74. The lowest BCUT2D eigenvalue weighted by atomic mass is 10.0. The summed E-state index contributed by atoms with van der Waals surface area (Å²) in [5.41, 5.74) is 2.57. The molecule has 20 heavy (non-hydrogen) atoms. The molecule has 0 aliphatic heterocycles. The van der Waals surface area contributed by atoms with E-state index in [4.69, 9.17) is 11.6 Å². The number of benzene rings is 2. The number of H-pyrrole nitrogens is 1. The van der Waals surface area contributed by atoms with Gasteiger partial charge in [0.15, 0.2) is 5.78 Å². The third kappa shape index (κ3) is 2.21. The van der Waals surface area contributed by atoms with Gasteiger partial charge in [-0.25, -0.2) is 4.39 Å². The first kappa shape index (κ1) is 12.9. The minimum Gasteiger partial charge on any atom is -0.360 e. The first-order valence-corrected chi connectivity index (χ1v) is 6.51. The highest BCUT2D eigenvalue weighted by atomic mass is 35.5. The van der Waals surface area contributed by atoms with Crippen LogP contribution in [-0.4, -0.2) is 10.8 Å². The maximum atomic E-state index is 13.2. The molecular weight excluding hydrogens is 277 g/mol. The third-order valence-electron chi connectivity index (χ3n) is 3.19. The minimum absolute atomic E-state index is 0.131. The Morgan fingerprint density at radius 3 is 2.75 bits per heavy atom. The molecule has 3 aromatic rings. The molecule has 0 fully saturated rings. The first-order valence-electron chi connectivity index (χ1n) is 6.13. The average Bonchev–Trinajstić information content (AvgIpc) is 2.79. The van der Waals surface area contributed by atoms with Crippen LogP contribution in [0.5, 0.6) is 0 Å². The van der Waals surface area contributed by atoms with Crippen LogP contribution in [0.1, 0.15) is 21.5 Å². The number of fused-ring (bicyclic) bond motifs is 1. The molecule has 0 spiro atoms. The third-order valence-corrected chi connectivity index (χ3v) is 3.41. The van der Waals surface area contributed by atoms with Gasteiger partial charge in [-0.1, -0.05) is 11.6 Å². The quantitative estimate of drug-likeness (QED) is 0.692. The zero-order valence-corrected chi connectivity index (χ0v) is 11.5. The Balaban J connectivity index is 2.12. The van der Waals surface area contributed by atoms with Crippen molar-refractivity contribution in [2.75, 3.05) is 0 Å². The van der Waals surface area contributed by atoms with Crippen molar-refractivity contribution in [3.8, 4) is 0 Å². The van der Waals surface area contributed by atoms with E-state index in [1.807, 2.05) is 6.92 Å². The van der Waals surface area contributed by atoms with Crippen LogP contribution >= 0.6 is 11.6 Å². The number of rotatable bonds is 2. The summed E-state index contributed by atoms with van der Waals surface area (Å²) in [5.74, 6) is -0.467. The summed E-state index contributed by atoms with van der Waals surface area (Å²) in [6.45, 7) is 1.88. The van der Waals surface area contributed by atoms with Crippen LogP contribution in [0.4, 0.5) is 4.39 Å². The van der Waals surface area contributed by atoms with Gasteiger partial charge in [0.2, 0.25) is 0 Å². The Morgan fingerprint density at radius 1 is 1.20 bits per heavy atom. The van der Waals surface area contributed by atoms with E-state index in [9.17, 15) is 9.18 Å². The van der Waals surface area contributed by atoms with E-state index >= 15 is 0 Å². The Labute approximate surface area is 120 Å². The fourth-order valence-corrected chi connectivity index (χ4v) is 2.60. The molecule has 4 heteroatoms. The molecule has 0 atom stereocenters. The van der Waals surface area contributed by atoms with Crippen molar-refractivity contribution in [1.82, 2.24) is 4.98 Å². The molecule has 2 aromatic carbocycles. The van der Waals surface area contributed by atoms with E-state index in [2.05, 4.69) is 4.98 Å². The lowest BCUT2D eigenvalue weighted by molar-refractivity contribution is 0.104. The van der Waals surface area contributed by atoms with E-state index < -0.39 is 0 Å². The lowest BCUT2D eigenvalue weighted by Crippen LogP contribution is -2.00. The van der Waals surface area contributed by atoms with Crippen molar-refractivity contribution in [3.05, 3.63) is 70.1 Å². The fraction of sp³-hybridized carbons (Fsp3) is 0.0625. The molecule has 1 N–H and O–H groups in total. The molecule has 0 radical (unpaired) electrons. The summed E-state index contributed by atoms with van der Waals surface area (Å²) in [4.78, 5) is 15.5. The van der Waals surface area contributed by atoms with Crippen molar-refractivity contribution < 1.29 is 9.18 Å². The molecule has 0 saturated heterocycles. The topological polar surface area (TPSA) is 32.9 Å². The van der Waals surface area contributed by atoms with Crippen LogP contribution in [0.2, 0.25) is 5.02 Å². The van der Waals surface area contributed by atoms with Gasteiger partial charge < -0.3 is 4.98 Å². The Hall–Kier alpha value is -2.13. The maximum Gasteiger partial charge on any atom is 0.195 e. The van der Waals surface area contributed by atoms with Gasteiger partial charge in [0.25, 0.3) is 0 Å². The van der Waals surface area contributed by atoms with Gasteiger partial charge in [-0.3, -0.25) is 4.79 Å². The van der Waals surface area contributed by atoms with Crippen molar-refractivity contribution in [2.24, 2.45) is 0 Å². The standard InChI is InChI=1S/C16H11ClFNO/c1-9-4-10(6-11(17)5-9)16(20)14-8-19-15-7-12(18)2-3-13(14)15/h2-8,19H,1H3. The maximum absolute atomic E-state index is 13.2. The molecule has 0 saturated carbocycles. The van der Waals surface area contributed by atoms with E-state index in [0.717, 1.165) is 5.56 Å². The molecule has 100 valence electrons. The normalized spacial score (nSPS) is 10.9. The molecule has 1 heterocycles. The first-order chi connectivity index (χ1) is 9.54. The fourth-order valence-electron chi connectivity index (χ4n) is 2.31. The number of ketones is 1. The molecule has 0 unspecified atom stereocenters. The van der Waals surface area contributed by atoms with Crippen LogP contribution < -0.4 is 0 Å². The Morgan fingerprint density at radius 2 is 2.00 bits per heavy atom. The van der Waals surface area contributed by atoms with Crippen LogP contribution in [0.3, 0.4) is 0 Å². The second kappa shape index (κ2) is 4.76. The van der Waals surface area contributed by atoms with Crippen molar-refractivity contribution in [1.29, 1.82) is 0 Å². The molecule has 0 amide bonds. The number of aromatic nitrogens is 1. The molecule has 0 aliphatic rings. The highest BCUT2D eigenvalue weighted by Gasteiger charge is 2.15. The van der Waals surface area contributed by atoms with Gasteiger partial charge in [-0.2, -0.15) is 0 Å². The van der Waals surface area contributed by atoms with Gasteiger partial charge >= 0.3 is 0 Å². The molecule has 2 nitrogen and oxygen atoms in total. The van der Waals surface area contributed by atoms with E-state index in [1.165, 1.54) is 12.1 Å². The molecule has 0 bridgehead atoms. The van der Waals surface area contributed by atoms with Crippen LogP contribution in [0.15, 0.2) is 42.6 Å². The second-order valence-corrected chi connectivity index (χ2v) is 5.18. The van der Waals surface area contributed by atoms with E-state index in [-0.39, 0.29) is 11.6 Å². The zero-order valence-electron chi connectivity index (χ0n) is 10.7. The monoisotopic (exact) mass is 287 g/mol. The Kier molecular flexibility index (Phi) is 3.07. The molecule has 0 aliphatic carbocycles. The number of hydrogen-bond acceptors (Lipinski definition) is 1. The summed E-state index contributed by atoms with van der Waals surface area (Å²) >= 11 is 5.98. The van der Waals surface area contributed by atoms with E-state index in [1.54, 1.807) is 30.5 Å². The number of carbonyl (C=O) groups excluding carboxylic acids is 1. The largest absolute Gasteiger partial charge is 0.360 e. The Bertz CT molecular complexity index is 802. The average molecular weight is 288 g/mol. The van der Waals surface area contributed by atoms with Gasteiger partial charge in [0.1, 0.15) is 5.82 Å². The number of aryl methyl sites for hydroxylation is 1. The van der Waals surface area contributed by atoms with Gasteiger partial charge in [-0.05, 0) is 48.9 Å². The predicted molar refractivity (Wildman–Crippen MR) is 77.9 cm³/mol. The summed E-state index contributed by atoms with van der Waals surface area (Å²) in [6, 6.07) is 9.54. The predicted octanol–water partition coefficient (Wildman–Crippen LogP) is 4.50. The van der Waals surface area contributed by atoms with Crippen LogP contribution in [0, 0.1) is 12.7 Å². The summed E-state index contributed by atoms with van der Waals surface area (Å²) < 4.78 is 13.2. The van der Waals surface area contributed by atoms with Crippen LogP contribution in [0.25, 0.3) is 10.9 Å². The lowest BCUT2D eigenvalue weighted by Gasteiger charge is -2.03. The van der Waals surface area contributed by atoms with Gasteiger partial charge in [-0.15, -0.1) is 0 Å². The smallest absolute Gasteiger partial charge is 0.195 e. The highest BCUT2D eigenvalue weighted by Crippen LogP contribution is 2.24. The molecular formula is C16H11ClFNO. The van der Waals surface area contributed by atoms with E-state index in [0.29, 0.717) is 27.1 Å². The van der Waals surface area contributed by atoms with Gasteiger partial charge in [0, 0.05) is 33.2 Å². The SMILES string of the molecule is Cc1cc(Cl)cc(C(=O)c2c[nH]c3cc(F)ccc23)c1. The number of aromatic amines is 1.